The molecular formula is C22H26N2O4S. The topological polar surface area (TPSA) is 79.6 Å². The van der Waals surface area contributed by atoms with Crippen molar-refractivity contribution in [1.29, 1.82) is 5.26 Å². The number of esters is 2. The molecule has 1 saturated heterocycles. The predicted octanol–water partition coefficient (Wildman–Crippen LogP) is 3.60. The molecule has 0 aromatic heterocycles. The summed E-state index contributed by atoms with van der Waals surface area (Å²) < 4.78 is 9.14. The monoisotopic (exact) mass is 414 g/mol. The van der Waals surface area contributed by atoms with E-state index >= 15 is 0 Å². The Balaban J connectivity index is 2.16. The van der Waals surface area contributed by atoms with Crippen LogP contribution in [0.5, 0.6) is 0 Å². The van der Waals surface area contributed by atoms with Crippen LogP contribution in [0.2, 0.25) is 0 Å². The number of carbonyl (C=O) groups is 2. The number of carbonyl (C=O) groups excluding carboxylic acids is 2. The van der Waals surface area contributed by atoms with Crippen molar-refractivity contribution < 1.29 is 19.1 Å². The molecule has 0 aliphatic carbocycles. The number of hydrogen-bond acceptors (Lipinski definition) is 7. The van der Waals surface area contributed by atoms with Crippen LogP contribution in [0.15, 0.2) is 40.9 Å². The van der Waals surface area contributed by atoms with Crippen molar-refractivity contribution in [3.8, 4) is 6.07 Å². The lowest BCUT2D eigenvalue weighted by Crippen LogP contribution is -2.50. The van der Waals surface area contributed by atoms with Crippen molar-refractivity contribution in [2.45, 2.75) is 43.8 Å². The Morgan fingerprint density at radius 3 is 2.24 bits per heavy atom. The van der Waals surface area contributed by atoms with Crippen LogP contribution < -0.4 is 0 Å². The number of benzene rings is 1. The summed E-state index contributed by atoms with van der Waals surface area (Å²) in [7, 11) is 0. The molecule has 3 rings (SSSR count). The van der Waals surface area contributed by atoms with Crippen LogP contribution >= 0.6 is 11.8 Å². The molecule has 6 nitrogen and oxygen atoms in total. The molecule has 2 heterocycles. The lowest BCUT2D eigenvalue weighted by Gasteiger charge is -2.39. The molecule has 1 aromatic carbocycles. The quantitative estimate of drug-likeness (QED) is 0.520. The maximum Gasteiger partial charge on any atom is 0.334 e. The first-order valence-corrected chi connectivity index (χ1v) is 10.9. The zero-order valence-electron chi connectivity index (χ0n) is 16.8. The van der Waals surface area contributed by atoms with Gasteiger partial charge >= 0.3 is 11.9 Å². The Morgan fingerprint density at radius 2 is 1.72 bits per heavy atom. The number of rotatable bonds is 6. The standard InChI is InChI=1S/C22H26N2O4S/c1-3-27-20(25)22(21(26)28-4-2)14-17(16-10-6-5-7-11-16)18(15-23)19(29-22)24-12-8-9-13-24/h5-7,10-11,17H,3-4,8-9,12-14H2,1-2H3. The summed E-state index contributed by atoms with van der Waals surface area (Å²) in [5.74, 6) is -1.58. The molecule has 0 saturated carbocycles. The first-order valence-electron chi connectivity index (χ1n) is 10.0. The summed E-state index contributed by atoms with van der Waals surface area (Å²) in [5.41, 5.74) is 1.51. The number of ether oxygens (including phenoxy) is 2. The Morgan fingerprint density at radius 1 is 1.14 bits per heavy atom. The van der Waals surface area contributed by atoms with Gasteiger partial charge in [0.1, 0.15) is 0 Å². The second-order valence-electron chi connectivity index (χ2n) is 7.06. The van der Waals surface area contributed by atoms with Crippen LogP contribution in [0, 0.1) is 11.3 Å². The Labute approximate surface area is 175 Å². The van der Waals surface area contributed by atoms with Gasteiger partial charge < -0.3 is 14.4 Å². The van der Waals surface area contributed by atoms with Gasteiger partial charge in [0.05, 0.1) is 29.9 Å². The van der Waals surface area contributed by atoms with Gasteiger partial charge in [0.15, 0.2) is 0 Å². The molecule has 154 valence electrons. The predicted molar refractivity (Wildman–Crippen MR) is 111 cm³/mol. The highest BCUT2D eigenvalue weighted by Crippen LogP contribution is 2.52. The third kappa shape index (κ3) is 4.13. The molecule has 1 atom stereocenters. The van der Waals surface area contributed by atoms with E-state index in [1.807, 2.05) is 30.3 Å². The summed E-state index contributed by atoms with van der Waals surface area (Å²) in [4.78, 5) is 28.3. The van der Waals surface area contributed by atoms with Crippen LogP contribution in [-0.4, -0.2) is 47.9 Å². The van der Waals surface area contributed by atoms with E-state index < -0.39 is 16.7 Å². The highest BCUT2D eigenvalue weighted by atomic mass is 32.2. The zero-order chi connectivity index (χ0) is 20.9. The van der Waals surface area contributed by atoms with E-state index in [-0.39, 0.29) is 25.6 Å². The van der Waals surface area contributed by atoms with Crippen LogP contribution in [0.4, 0.5) is 0 Å². The molecule has 1 unspecified atom stereocenters. The van der Waals surface area contributed by atoms with Gasteiger partial charge in [-0.1, -0.05) is 42.1 Å². The van der Waals surface area contributed by atoms with Gasteiger partial charge in [-0.25, -0.2) is 9.59 Å². The summed E-state index contributed by atoms with van der Waals surface area (Å²) in [6.07, 6.45) is 2.18. The van der Waals surface area contributed by atoms with Gasteiger partial charge in [-0.2, -0.15) is 5.26 Å². The molecule has 2 aliphatic rings. The van der Waals surface area contributed by atoms with Crippen LogP contribution in [0.3, 0.4) is 0 Å². The Hall–Kier alpha value is -2.46. The fraction of sp³-hybridized carbons (Fsp3) is 0.500. The first-order chi connectivity index (χ1) is 14.1. The molecule has 0 N–H and O–H groups in total. The SMILES string of the molecule is CCOC(=O)C1(C(=O)OCC)CC(c2ccccc2)C(C#N)=C(N2CCCC2)S1. The lowest BCUT2D eigenvalue weighted by atomic mass is 9.82. The van der Waals surface area contributed by atoms with E-state index in [1.165, 1.54) is 0 Å². The molecule has 0 radical (unpaired) electrons. The summed E-state index contributed by atoms with van der Waals surface area (Å²) in [6.45, 7) is 5.38. The molecule has 0 amide bonds. The Bertz CT molecular complexity index is 807. The minimum absolute atomic E-state index is 0.138. The molecule has 7 heteroatoms. The third-order valence-electron chi connectivity index (χ3n) is 5.27. The van der Waals surface area contributed by atoms with Crippen molar-refractivity contribution in [1.82, 2.24) is 4.90 Å². The molecule has 1 aromatic rings. The molecule has 0 spiro atoms. The number of nitriles is 1. The summed E-state index contributed by atoms with van der Waals surface area (Å²) in [6, 6.07) is 11.9. The van der Waals surface area contributed by atoms with Crippen LogP contribution in [-0.2, 0) is 19.1 Å². The molecule has 0 bridgehead atoms. The van der Waals surface area contributed by atoms with E-state index in [0.29, 0.717) is 10.6 Å². The van der Waals surface area contributed by atoms with Gasteiger partial charge in [-0.15, -0.1) is 0 Å². The maximum atomic E-state index is 13.1. The molecule has 1 fully saturated rings. The number of hydrogen-bond donors (Lipinski definition) is 0. The van der Waals surface area contributed by atoms with E-state index in [1.54, 1.807) is 13.8 Å². The van der Waals surface area contributed by atoms with E-state index in [2.05, 4.69) is 11.0 Å². The first kappa shape index (κ1) is 21.3. The van der Waals surface area contributed by atoms with Crippen molar-refractivity contribution in [3.05, 3.63) is 46.5 Å². The molecular weight excluding hydrogens is 388 g/mol. The number of nitrogens with zero attached hydrogens (tertiary/aromatic N) is 2. The van der Waals surface area contributed by atoms with Crippen molar-refractivity contribution >= 4 is 23.7 Å². The summed E-state index contributed by atoms with van der Waals surface area (Å²) >= 11 is 1.14. The van der Waals surface area contributed by atoms with Crippen LogP contribution in [0.1, 0.15) is 44.6 Å². The van der Waals surface area contributed by atoms with Gasteiger partial charge in [-0.05, 0) is 38.7 Å². The second-order valence-corrected chi connectivity index (χ2v) is 8.35. The smallest absolute Gasteiger partial charge is 0.334 e. The van der Waals surface area contributed by atoms with Gasteiger partial charge in [0.25, 0.3) is 0 Å². The van der Waals surface area contributed by atoms with Gasteiger partial charge in [-0.3, -0.25) is 0 Å². The normalized spacial score (nSPS) is 20.9. The average Bonchev–Trinajstić information content (AvgIpc) is 3.28. The highest BCUT2D eigenvalue weighted by molar-refractivity contribution is 8.05. The fourth-order valence-corrected chi connectivity index (χ4v) is 5.35. The fourth-order valence-electron chi connectivity index (χ4n) is 3.88. The lowest BCUT2D eigenvalue weighted by molar-refractivity contribution is -0.159. The number of thioether (sulfide) groups is 1. The Kier molecular flexibility index (Phi) is 6.86. The largest absolute Gasteiger partial charge is 0.465 e. The highest BCUT2D eigenvalue weighted by Gasteiger charge is 2.56. The van der Waals surface area contributed by atoms with Gasteiger partial charge in [0.2, 0.25) is 4.75 Å². The van der Waals surface area contributed by atoms with Crippen molar-refractivity contribution in [3.63, 3.8) is 0 Å². The third-order valence-corrected chi connectivity index (χ3v) is 6.79. The average molecular weight is 415 g/mol. The molecule has 29 heavy (non-hydrogen) atoms. The van der Waals surface area contributed by atoms with Crippen LogP contribution in [0.25, 0.3) is 0 Å². The van der Waals surface area contributed by atoms with E-state index in [9.17, 15) is 14.9 Å². The number of likely N-dealkylation sites (tertiary alicyclic amines) is 1. The zero-order valence-corrected chi connectivity index (χ0v) is 17.7. The maximum absolute atomic E-state index is 13.1. The van der Waals surface area contributed by atoms with E-state index in [4.69, 9.17) is 9.47 Å². The number of allylic oxidation sites excluding steroid dienone is 1. The van der Waals surface area contributed by atoms with Crippen molar-refractivity contribution in [2.24, 2.45) is 0 Å². The van der Waals surface area contributed by atoms with E-state index in [0.717, 1.165) is 43.3 Å². The van der Waals surface area contributed by atoms with Gasteiger partial charge in [0, 0.05) is 19.0 Å². The minimum atomic E-state index is -1.52. The second kappa shape index (κ2) is 9.36. The minimum Gasteiger partial charge on any atom is -0.465 e. The molecule has 2 aliphatic heterocycles. The summed E-state index contributed by atoms with van der Waals surface area (Å²) in [5, 5.41) is 10.7. The van der Waals surface area contributed by atoms with Crippen molar-refractivity contribution in [2.75, 3.05) is 26.3 Å².